The Morgan fingerprint density at radius 3 is 2.13 bits per heavy atom. The van der Waals surface area contributed by atoms with E-state index in [1.54, 1.807) is 11.8 Å². The predicted octanol–water partition coefficient (Wildman–Crippen LogP) is 8.31. The summed E-state index contributed by atoms with van der Waals surface area (Å²) in [7, 11) is 0. The maximum atomic E-state index is 12.2. The first-order valence-corrected chi connectivity index (χ1v) is 17.4. The molecule has 0 aliphatic heterocycles. The van der Waals surface area contributed by atoms with Gasteiger partial charge in [0.1, 0.15) is 22.8 Å². The van der Waals surface area contributed by atoms with Crippen molar-refractivity contribution in [3.8, 4) is 22.4 Å². The quantitative estimate of drug-likeness (QED) is 0.120. The summed E-state index contributed by atoms with van der Waals surface area (Å²) in [6.45, 7) is 15.2. The Morgan fingerprint density at radius 2 is 1.50 bits per heavy atom. The number of amides is 1. The van der Waals surface area contributed by atoms with E-state index in [9.17, 15) is 9.59 Å². The van der Waals surface area contributed by atoms with E-state index in [4.69, 9.17) is 19.3 Å². The molecule has 1 fully saturated rings. The van der Waals surface area contributed by atoms with Gasteiger partial charge in [0.25, 0.3) is 0 Å². The first kappa shape index (κ1) is 35.6. The summed E-state index contributed by atoms with van der Waals surface area (Å²) in [6, 6.07) is 19.1. The minimum absolute atomic E-state index is 0.000393. The van der Waals surface area contributed by atoms with Crippen LogP contribution in [0.1, 0.15) is 72.8 Å². The fourth-order valence-electron chi connectivity index (χ4n) is 5.66. The highest BCUT2D eigenvalue weighted by molar-refractivity contribution is 7.99. The molecular formula is C37H51N3O5S. The fraction of sp³-hybridized carbons (Fsp3) is 0.541. The number of nitrogens with one attached hydrogen (secondary N) is 1. The number of nitrogens with zero attached hydrogens (tertiary/aromatic N) is 2. The van der Waals surface area contributed by atoms with E-state index in [0.29, 0.717) is 30.7 Å². The summed E-state index contributed by atoms with van der Waals surface area (Å²) in [5, 5.41) is 9.06. The highest BCUT2D eigenvalue weighted by atomic mass is 32.2. The Bertz CT molecular complexity index is 1420. The van der Waals surface area contributed by atoms with Gasteiger partial charge < -0.3 is 19.5 Å². The maximum absolute atomic E-state index is 12.2. The lowest BCUT2D eigenvalue weighted by Gasteiger charge is -2.29. The normalized spacial score (nSPS) is 17.0. The molecule has 1 aromatic heterocycles. The predicted molar refractivity (Wildman–Crippen MR) is 185 cm³/mol. The number of alkyl carbamates (subject to hydrolysis) is 1. The molecule has 1 N–H and O–H groups in total. The maximum Gasteiger partial charge on any atom is 0.407 e. The zero-order valence-corrected chi connectivity index (χ0v) is 29.4. The van der Waals surface area contributed by atoms with Crippen molar-refractivity contribution in [2.24, 2.45) is 11.8 Å². The number of aryl methyl sites for hydroxylation is 1. The Kier molecular flexibility index (Phi) is 12.4. The fourth-order valence-corrected chi connectivity index (χ4v) is 6.58. The van der Waals surface area contributed by atoms with E-state index in [1.807, 2.05) is 47.6 Å². The third kappa shape index (κ3) is 11.2. The standard InChI is InChI=1S/C37H51N3O5S/c1-26-13-19-30(20-14-26)33-32(29-11-9-8-10-12-29)34(46-22-21-38-35(42)45-37(5,6)7)39-40(33)23-27-15-17-28(18-16-27)24-43-25-31(41)44-36(2,3)4/h8-14,19-20,27-28H,15-18,21-25H2,1-7H3,(H,38,42)/t27-,28-. The van der Waals surface area contributed by atoms with Crippen molar-refractivity contribution >= 4 is 23.8 Å². The molecule has 1 amide bonds. The molecule has 2 aromatic carbocycles. The number of esters is 1. The van der Waals surface area contributed by atoms with E-state index in [0.717, 1.165) is 59.6 Å². The van der Waals surface area contributed by atoms with Crippen LogP contribution in [0.3, 0.4) is 0 Å². The lowest BCUT2D eigenvalue weighted by Crippen LogP contribution is -2.33. The molecule has 1 saturated carbocycles. The molecule has 46 heavy (non-hydrogen) atoms. The second-order valence-corrected chi connectivity index (χ2v) is 15.3. The van der Waals surface area contributed by atoms with Crippen molar-refractivity contribution in [1.29, 1.82) is 0 Å². The van der Waals surface area contributed by atoms with Crippen LogP contribution >= 0.6 is 11.8 Å². The van der Waals surface area contributed by atoms with Gasteiger partial charge in [-0.15, -0.1) is 11.8 Å². The van der Waals surface area contributed by atoms with Crippen LogP contribution in [-0.4, -0.2) is 58.6 Å². The van der Waals surface area contributed by atoms with E-state index in [1.165, 1.54) is 5.56 Å². The van der Waals surface area contributed by atoms with Crippen LogP contribution in [0.4, 0.5) is 4.79 Å². The summed E-state index contributed by atoms with van der Waals surface area (Å²) in [5.74, 6) is 1.28. The van der Waals surface area contributed by atoms with Crippen LogP contribution in [0.25, 0.3) is 22.4 Å². The highest BCUT2D eigenvalue weighted by Crippen LogP contribution is 2.41. The van der Waals surface area contributed by atoms with Crippen LogP contribution < -0.4 is 5.32 Å². The molecule has 1 aliphatic carbocycles. The second-order valence-electron chi connectivity index (χ2n) is 14.2. The van der Waals surface area contributed by atoms with E-state index >= 15 is 0 Å². The van der Waals surface area contributed by atoms with Gasteiger partial charge in [-0.25, -0.2) is 9.59 Å². The molecule has 0 spiro atoms. The Labute approximate surface area is 279 Å². The first-order valence-electron chi connectivity index (χ1n) is 16.4. The number of carbonyl (C=O) groups is 2. The molecule has 0 unspecified atom stereocenters. The first-order chi connectivity index (χ1) is 21.8. The zero-order chi connectivity index (χ0) is 33.3. The summed E-state index contributed by atoms with van der Waals surface area (Å²) >= 11 is 1.66. The van der Waals surface area contributed by atoms with Gasteiger partial charge in [0.05, 0.1) is 12.3 Å². The van der Waals surface area contributed by atoms with Gasteiger partial charge in [-0.2, -0.15) is 5.10 Å². The zero-order valence-electron chi connectivity index (χ0n) is 28.6. The molecule has 3 aromatic rings. The average Bonchev–Trinajstić information content (AvgIpc) is 3.33. The Morgan fingerprint density at radius 1 is 0.870 bits per heavy atom. The lowest BCUT2D eigenvalue weighted by molar-refractivity contribution is -0.160. The van der Waals surface area contributed by atoms with Gasteiger partial charge in [0, 0.05) is 30.0 Å². The monoisotopic (exact) mass is 649 g/mol. The summed E-state index contributed by atoms with van der Waals surface area (Å²) in [4.78, 5) is 24.3. The average molecular weight is 650 g/mol. The van der Waals surface area contributed by atoms with Gasteiger partial charge in [-0.05, 0) is 91.5 Å². The molecule has 250 valence electrons. The van der Waals surface area contributed by atoms with Crippen molar-refractivity contribution in [1.82, 2.24) is 15.1 Å². The number of ether oxygens (including phenoxy) is 3. The number of thioether (sulfide) groups is 1. The van der Waals surface area contributed by atoms with Crippen LogP contribution in [-0.2, 0) is 25.5 Å². The van der Waals surface area contributed by atoms with E-state index in [-0.39, 0.29) is 12.6 Å². The molecule has 4 rings (SSSR count). The number of hydrogen-bond acceptors (Lipinski definition) is 7. The van der Waals surface area contributed by atoms with Gasteiger partial charge >= 0.3 is 12.1 Å². The number of aromatic nitrogens is 2. The lowest BCUT2D eigenvalue weighted by atomic mass is 9.82. The topological polar surface area (TPSA) is 91.7 Å². The van der Waals surface area contributed by atoms with Gasteiger partial charge in [-0.1, -0.05) is 60.2 Å². The molecule has 0 saturated heterocycles. The number of carbonyl (C=O) groups excluding carboxylic acids is 2. The minimum Gasteiger partial charge on any atom is -0.458 e. The van der Waals surface area contributed by atoms with Crippen molar-refractivity contribution in [3.05, 3.63) is 60.2 Å². The molecular weight excluding hydrogens is 598 g/mol. The van der Waals surface area contributed by atoms with E-state index in [2.05, 4.69) is 65.5 Å². The summed E-state index contributed by atoms with van der Waals surface area (Å²) < 4.78 is 18.7. The van der Waals surface area contributed by atoms with Crippen LogP contribution in [0.5, 0.6) is 0 Å². The Hall–Kier alpha value is -3.30. The van der Waals surface area contributed by atoms with E-state index < -0.39 is 17.3 Å². The van der Waals surface area contributed by atoms with Gasteiger partial charge in [-0.3, -0.25) is 4.68 Å². The second kappa shape index (κ2) is 16.0. The van der Waals surface area contributed by atoms with Gasteiger partial charge in [0.2, 0.25) is 0 Å². The Balaban J connectivity index is 1.48. The third-order valence-electron chi connectivity index (χ3n) is 7.71. The molecule has 1 heterocycles. The number of hydrogen-bond donors (Lipinski definition) is 1. The number of rotatable bonds is 12. The van der Waals surface area contributed by atoms with Crippen LogP contribution in [0.2, 0.25) is 0 Å². The molecule has 1 aliphatic rings. The van der Waals surface area contributed by atoms with Crippen molar-refractivity contribution in [3.63, 3.8) is 0 Å². The molecule has 0 bridgehead atoms. The van der Waals surface area contributed by atoms with Crippen molar-refractivity contribution < 1.29 is 23.8 Å². The van der Waals surface area contributed by atoms with Crippen molar-refractivity contribution in [2.75, 3.05) is 25.5 Å². The molecule has 0 radical (unpaired) electrons. The molecule has 8 nitrogen and oxygen atoms in total. The van der Waals surface area contributed by atoms with Crippen LogP contribution in [0.15, 0.2) is 59.6 Å². The largest absolute Gasteiger partial charge is 0.458 e. The summed E-state index contributed by atoms with van der Waals surface area (Å²) in [6.07, 6.45) is 3.87. The highest BCUT2D eigenvalue weighted by Gasteiger charge is 2.27. The van der Waals surface area contributed by atoms with Crippen LogP contribution in [0, 0.1) is 18.8 Å². The SMILES string of the molecule is Cc1ccc(-c2c(-c3ccccc3)c(SCCNC(=O)OC(C)(C)C)nn2C[C@H]2CC[C@H](COCC(=O)OC(C)(C)C)CC2)cc1. The molecule has 9 heteroatoms. The minimum atomic E-state index is -0.536. The summed E-state index contributed by atoms with van der Waals surface area (Å²) in [5.41, 5.74) is 4.68. The van der Waals surface area contributed by atoms with Crippen molar-refractivity contribution in [2.45, 2.75) is 96.9 Å². The molecule has 0 atom stereocenters. The van der Waals surface area contributed by atoms with Gasteiger partial charge in [0.15, 0.2) is 0 Å². The number of benzene rings is 2. The third-order valence-corrected chi connectivity index (χ3v) is 8.68. The smallest absolute Gasteiger partial charge is 0.407 e.